The fourth-order valence-electron chi connectivity index (χ4n) is 2.28. The highest BCUT2D eigenvalue weighted by Gasteiger charge is 2.61. The van der Waals surface area contributed by atoms with Crippen LogP contribution < -0.4 is 5.73 Å². The number of hydrogen-bond donors (Lipinski definition) is 1. The molecule has 0 aromatic carbocycles. The maximum atomic E-state index is 6.43. The van der Waals surface area contributed by atoms with E-state index in [1.54, 1.807) is 11.3 Å². The number of nitrogens with two attached hydrogens (primary N) is 1. The van der Waals surface area contributed by atoms with E-state index in [-0.39, 0.29) is 11.0 Å². The normalized spacial score (nSPS) is 34.5. The maximum Gasteiger partial charge on any atom is 0.0798 e. The molecular formula is C11H16N2S. The molecule has 3 rings (SSSR count). The summed E-state index contributed by atoms with van der Waals surface area (Å²) in [6, 6.07) is 0. The van der Waals surface area contributed by atoms with Crippen molar-refractivity contribution in [2.75, 3.05) is 0 Å². The Morgan fingerprint density at radius 1 is 1.50 bits per heavy atom. The molecule has 2 aliphatic carbocycles. The average Bonchev–Trinajstić information content (AvgIpc) is 2.94. The summed E-state index contributed by atoms with van der Waals surface area (Å²) in [5.41, 5.74) is 9.92. The Morgan fingerprint density at radius 3 is 2.64 bits per heavy atom. The van der Waals surface area contributed by atoms with Gasteiger partial charge in [0.15, 0.2) is 0 Å². The second kappa shape index (κ2) is 2.39. The fourth-order valence-corrected chi connectivity index (χ4v) is 3.45. The maximum absolute atomic E-state index is 6.43. The van der Waals surface area contributed by atoms with Gasteiger partial charge in [0, 0.05) is 10.8 Å². The van der Waals surface area contributed by atoms with Gasteiger partial charge in [-0.2, -0.15) is 0 Å². The highest BCUT2D eigenvalue weighted by Crippen LogP contribution is 2.63. The molecule has 0 saturated heterocycles. The molecule has 2 saturated carbocycles. The summed E-state index contributed by atoms with van der Waals surface area (Å²) in [6.45, 7) is 4.51. The minimum Gasteiger partial charge on any atom is -0.320 e. The molecule has 0 radical (unpaired) electrons. The van der Waals surface area contributed by atoms with Crippen molar-refractivity contribution in [1.82, 2.24) is 4.98 Å². The van der Waals surface area contributed by atoms with Crippen molar-refractivity contribution in [3.63, 3.8) is 0 Å². The molecule has 14 heavy (non-hydrogen) atoms. The van der Waals surface area contributed by atoms with E-state index in [1.807, 2.05) is 5.51 Å². The van der Waals surface area contributed by atoms with Crippen LogP contribution in [0.25, 0.3) is 0 Å². The standard InChI is InChI=1S/C11H16N2S/c1-10(2)5-11(10,12)9-8(7-3-4-7)13-6-14-9/h6-7H,3-5,12H2,1-2H3. The summed E-state index contributed by atoms with van der Waals surface area (Å²) in [5.74, 6) is 0.730. The third-order valence-corrected chi connectivity index (χ3v) is 4.79. The summed E-state index contributed by atoms with van der Waals surface area (Å²) in [5, 5.41) is 0. The monoisotopic (exact) mass is 208 g/mol. The Morgan fingerprint density at radius 2 is 2.14 bits per heavy atom. The van der Waals surface area contributed by atoms with Crippen LogP contribution in [0.1, 0.15) is 49.6 Å². The number of nitrogens with zero attached hydrogens (tertiary/aromatic N) is 1. The minimum atomic E-state index is -0.0634. The first kappa shape index (κ1) is 8.86. The van der Waals surface area contributed by atoms with E-state index in [9.17, 15) is 0 Å². The Balaban J connectivity index is 2.00. The van der Waals surface area contributed by atoms with Crippen molar-refractivity contribution < 1.29 is 0 Å². The molecule has 1 heterocycles. The summed E-state index contributed by atoms with van der Waals surface area (Å²) in [6.07, 6.45) is 3.74. The van der Waals surface area contributed by atoms with Gasteiger partial charge in [0.2, 0.25) is 0 Å². The van der Waals surface area contributed by atoms with Crippen LogP contribution in [-0.2, 0) is 5.54 Å². The van der Waals surface area contributed by atoms with Gasteiger partial charge in [0.1, 0.15) is 0 Å². The summed E-state index contributed by atoms with van der Waals surface area (Å²) in [4.78, 5) is 5.85. The van der Waals surface area contributed by atoms with Crippen molar-refractivity contribution in [3.05, 3.63) is 16.1 Å². The van der Waals surface area contributed by atoms with Crippen LogP contribution in [0.4, 0.5) is 0 Å². The second-order valence-corrected chi connectivity index (χ2v) is 6.23. The lowest BCUT2D eigenvalue weighted by Crippen LogP contribution is -2.25. The van der Waals surface area contributed by atoms with E-state index in [2.05, 4.69) is 18.8 Å². The van der Waals surface area contributed by atoms with E-state index >= 15 is 0 Å². The van der Waals surface area contributed by atoms with Crippen LogP contribution in [0, 0.1) is 5.41 Å². The third kappa shape index (κ3) is 1.03. The van der Waals surface area contributed by atoms with Crippen molar-refractivity contribution >= 4 is 11.3 Å². The largest absolute Gasteiger partial charge is 0.320 e. The molecule has 2 nitrogen and oxygen atoms in total. The molecule has 1 unspecified atom stereocenters. The predicted molar refractivity (Wildman–Crippen MR) is 58.4 cm³/mol. The van der Waals surface area contributed by atoms with Gasteiger partial charge in [-0.05, 0) is 24.7 Å². The Bertz CT molecular complexity index is 378. The molecule has 1 atom stereocenters. The van der Waals surface area contributed by atoms with Crippen molar-refractivity contribution in [3.8, 4) is 0 Å². The minimum absolute atomic E-state index is 0.0634. The lowest BCUT2D eigenvalue weighted by molar-refractivity contribution is 0.512. The zero-order chi connectivity index (χ0) is 9.97. The van der Waals surface area contributed by atoms with Gasteiger partial charge in [0.05, 0.1) is 16.7 Å². The molecule has 0 aliphatic heterocycles. The Kier molecular flexibility index (Phi) is 1.51. The van der Waals surface area contributed by atoms with Gasteiger partial charge < -0.3 is 5.73 Å². The van der Waals surface area contributed by atoms with Crippen LogP contribution in [0.5, 0.6) is 0 Å². The first-order valence-corrected chi connectivity index (χ1v) is 6.15. The molecule has 3 heteroatoms. The molecule has 0 bridgehead atoms. The van der Waals surface area contributed by atoms with Crippen LogP contribution >= 0.6 is 11.3 Å². The lowest BCUT2D eigenvalue weighted by Gasteiger charge is -2.14. The van der Waals surface area contributed by atoms with Crippen LogP contribution in [0.2, 0.25) is 0 Å². The molecular weight excluding hydrogens is 192 g/mol. The van der Waals surface area contributed by atoms with Gasteiger partial charge >= 0.3 is 0 Å². The number of aromatic nitrogens is 1. The van der Waals surface area contributed by atoms with E-state index < -0.39 is 0 Å². The number of rotatable bonds is 2. The van der Waals surface area contributed by atoms with E-state index in [0.717, 1.165) is 12.3 Å². The second-order valence-electron chi connectivity index (χ2n) is 5.37. The van der Waals surface area contributed by atoms with Gasteiger partial charge in [-0.3, -0.25) is 0 Å². The highest BCUT2D eigenvalue weighted by molar-refractivity contribution is 7.10. The highest BCUT2D eigenvalue weighted by atomic mass is 32.1. The van der Waals surface area contributed by atoms with Crippen LogP contribution in [-0.4, -0.2) is 4.98 Å². The quantitative estimate of drug-likeness (QED) is 0.811. The van der Waals surface area contributed by atoms with Gasteiger partial charge in [-0.15, -0.1) is 11.3 Å². The zero-order valence-electron chi connectivity index (χ0n) is 8.71. The summed E-state index contributed by atoms with van der Waals surface area (Å²) >= 11 is 1.75. The van der Waals surface area contributed by atoms with Gasteiger partial charge in [-0.1, -0.05) is 13.8 Å². The first-order chi connectivity index (χ1) is 6.55. The molecule has 76 valence electrons. The molecule has 0 spiro atoms. The topological polar surface area (TPSA) is 38.9 Å². The predicted octanol–water partition coefficient (Wildman–Crippen LogP) is 2.60. The number of thiazole rings is 1. The molecule has 2 aliphatic rings. The number of hydrogen-bond acceptors (Lipinski definition) is 3. The van der Waals surface area contributed by atoms with Crippen molar-refractivity contribution in [1.29, 1.82) is 0 Å². The van der Waals surface area contributed by atoms with E-state index in [1.165, 1.54) is 23.4 Å². The fraction of sp³-hybridized carbons (Fsp3) is 0.727. The van der Waals surface area contributed by atoms with Crippen LogP contribution in [0.3, 0.4) is 0 Å². The van der Waals surface area contributed by atoms with E-state index in [4.69, 9.17) is 5.73 Å². The molecule has 2 fully saturated rings. The van der Waals surface area contributed by atoms with Gasteiger partial charge in [-0.25, -0.2) is 4.98 Å². The molecule has 2 N–H and O–H groups in total. The zero-order valence-corrected chi connectivity index (χ0v) is 9.53. The van der Waals surface area contributed by atoms with Crippen molar-refractivity contribution in [2.45, 2.75) is 44.6 Å². The smallest absolute Gasteiger partial charge is 0.0798 e. The van der Waals surface area contributed by atoms with E-state index in [0.29, 0.717) is 0 Å². The molecule has 0 amide bonds. The average molecular weight is 208 g/mol. The summed E-state index contributed by atoms with van der Waals surface area (Å²) in [7, 11) is 0. The van der Waals surface area contributed by atoms with Gasteiger partial charge in [0.25, 0.3) is 0 Å². The SMILES string of the molecule is CC1(C)CC1(N)c1scnc1C1CC1. The molecule has 1 aromatic heterocycles. The van der Waals surface area contributed by atoms with Crippen LogP contribution in [0.15, 0.2) is 5.51 Å². The molecule has 1 aromatic rings. The van der Waals surface area contributed by atoms with Crippen molar-refractivity contribution in [2.24, 2.45) is 11.1 Å². The summed E-state index contributed by atoms with van der Waals surface area (Å²) < 4.78 is 0. The first-order valence-electron chi connectivity index (χ1n) is 5.27. The Labute approximate surface area is 88.5 Å². The Hall–Kier alpha value is -0.410. The lowest BCUT2D eigenvalue weighted by atomic mass is 10.0. The third-order valence-electron chi connectivity index (χ3n) is 3.77.